The Bertz CT molecular complexity index is 1360. The zero-order valence-corrected chi connectivity index (χ0v) is 24.1. The molecule has 1 atom stereocenters. The van der Waals surface area contributed by atoms with Crippen molar-refractivity contribution in [2.45, 2.75) is 60.8 Å². The molecule has 0 spiro atoms. The van der Waals surface area contributed by atoms with E-state index in [1.165, 1.54) is 0 Å². The summed E-state index contributed by atoms with van der Waals surface area (Å²) in [7, 11) is 0. The average Bonchev–Trinajstić information content (AvgIpc) is 2.93. The molecule has 1 unspecified atom stereocenters. The standard InChI is InChI=1S/C31H41N7O/c1-7-10-15-37(20-22(4)8-2)31-24(6)19-27-29(36-31)30(33-21-32-27)35-25-11-12-28(23(5)18-25)39-26-13-16-38(17-14-26)34-9-3/h9,11-14,16,18-19,21-22H,7-8,10,15,17,20H2,1-6H3,(H,32,33,35)/b34-9-. The number of anilines is 3. The van der Waals surface area contributed by atoms with Crippen LogP contribution in [0.25, 0.3) is 11.0 Å². The molecular weight excluding hydrogens is 486 g/mol. The number of ether oxygens (including phenoxy) is 1. The molecule has 1 aliphatic heterocycles. The molecule has 3 heterocycles. The monoisotopic (exact) mass is 527 g/mol. The van der Waals surface area contributed by atoms with Crippen LogP contribution in [0.4, 0.5) is 17.3 Å². The number of rotatable bonds is 12. The normalized spacial score (nSPS) is 14.1. The Morgan fingerprint density at radius 3 is 2.72 bits per heavy atom. The smallest absolute Gasteiger partial charge is 0.160 e. The van der Waals surface area contributed by atoms with Crippen LogP contribution in [0.1, 0.15) is 58.1 Å². The summed E-state index contributed by atoms with van der Waals surface area (Å²) in [6.45, 7) is 15.5. The summed E-state index contributed by atoms with van der Waals surface area (Å²) in [5, 5.41) is 9.59. The molecule has 1 N–H and O–H groups in total. The second-order valence-electron chi connectivity index (χ2n) is 10.2. The number of aryl methyl sites for hydroxylation is 2. The lowest BCUT2D eigenvalue weighted by molar-refractivity contribution is 0.393. The molecule has 0 aliphatic carbocycles. The van der Waals surface area contributed by atoms with Crippen LogP contribution in [0.5, 0.6) is 5.75 Å². The van der Waals surface area contributed by atoms with E-state index in [9.17, 15) is 0 Å². The second kappa shape index (κ2) is 13.2. The number of benzene rings is 1. The summed E-state index contributed by atoms with van der Waals surface area (Å²) in [4.78, 5) is 16.7. The predicted octanol–water partition coefficient (Wildman–Crippen LogP) is 7.14. The van der Waals surface area contributed by atoms with Gasteiger partial charge in [-0.25, -0.2) is 15.0 Å². The number of hydrogen-bond donors (Lipinski definition) is 1. The van der Waals surface area contributed by atoms with E-state index in [1.807, 2.05) is 49.3 Å². The summed E-state index contributed by atoms with van der Waals surface area (Å²) in [5.74, 6) is 3.92. The van der Waals surface area contributed by atoms with E-state index in [1.54, 1.807) is 12.5 Å². The Balaban J connectivity index is 1.57. The number of pyridine rings is 1. The van der Waals surface area contributed by atoms with E-state index < -0.39 is 0 Å². The van der Waals surface area contributed by atoms with Crippen molar-refractivity contribution in [3.63, 3.8) is 0 Å². The summed E-state index contributed by atoms with van der Waals surface area (Å²) < 4.78 is 6.14. The third-order valence-electron chi connectivity index (χ3n) is 6.90. The van der Waals surface area contributed by atoms with E-state index in [-0.39, 0.29) is 0 Å². The van der Waals surface area contributed by atoms with Crippen molar-refractivity contribution >= 4 is 34.6 Å². The van der Waals surface area contributed by atoms with Crippen molar-refractivity contribution in [3.8, 4) is 5.75 Å². The molecule has 3 aromatic rings. The van der Waals surface area contributed by atoms with Crippen molar-refractivity contribution in [1.29, 1.82) is 0 Å². The number of fused-ring (bicyclic) bond motifs is 1. The third kappa shape index (κ3) is 7.13. The fourth-order valence-corrected chi connectivity index (χ4v) is 4.51. The van der Waals surface area contributed by atoms with Gasteiger partial charge in [-0.15, -0.1) is 0 Å². The molecule has 4 rings (SSSR count). The lowest BCUT2D eigenvalue weighted by Crippen LogP contribution is -2.31. The van der Waals surface area contributed by atoms with Crippen molar-refractivity contribution < 1.29 is 4.74 Å². The first-order chi connectivity index (χ1) is 18.9. The van der Waals surface area contributed by atoms with Crippen LogP contribution in [0.3, 0.4) is 0 Å². The van der Waals surface area contributed by atoms with Crippen LogP contribution in [0.2, 0.25) is 0 Å². The maximum Gasteiger partial charge on any atom is 0.160 e. The summed E-state index contributed by atoms with van der Waals surface area (Å²) in [5.41, 5.74) is 4.69. The fraction of sp³-hybridized carbons (Fsp3) is 0.419. The highest BCUT2D eigenvalue weighted by Crippen LogP contribution is 2.30. The highest BCUT2D eigenvalue weighted by molar-refractivity contribution is 5.89. The molecule has 1 aliphatic rings. The average molecular weight is 528 g/mol. The van der Waals surface area contributed by atoms with Crippen LogP contribution in [0.15, 0.2) is 59.8 Å². The summed E-state index contributed by atoms with van der Waals surface area (Å²) >= 11 is 0. The Kier molecular flexibility index (Phi) is 9.52. The van der Waals surface area contributed by atoms with Gasteiger partial charge in [0.05, 0.1) is 12.1 Å². The number of hydrogen-bond acceptors (Lipinski definition) is 8. The minimum Gasteiger partial charge on any atom is -0.457 e. The van der Waals surface area contributed by atoms with Gasteiger partial charge in [-0.3, -0.25) is 5.01 Å². The molecular formula is C31H41N7O. The van der Waals surface area contributed by atoms with Gasteiger partial charge in [0.15, 0.2) is 5.82 Å². The molecule has 206 valence electrons. The first-order valence-electron chi connectivity index (χ1n) is 14.0. The first kappa shape index (κ1) is 28.1. The van der Waals surface area contributed by atoms with Gasteiger partial charge in [0.25, 0.3) is 0 Å². The van der Waals surface area contributed by atoms with Crippen LogP contribution < -0.4 is 15.0 Å². The number of nitrogens with zero attached hydrogens (tertiary/aromatic N) is 6. The highest BCUT2D eigenvalue weighted by atomic mass is 16.5. The molecule has 1 aromatic carbocycles. The van der Waals surface area contributed by atoms with E-state index in [2.05, 4.69) is 65.1 Å². The SMILES string of the molecule is C/C=N\N1C=CC(Oc2ccc(Nc3ncnc4cc(C)c(N(CCCC)CC(C)CC)nc34)cc2C)=CC1. The van der Waals surface area contributed by atoms with Gasteiger partial charge in [0, 0.05) is 31.2 Å². The van der Waals surface area contributed by atoms with Gasteiger partial charge in [-0.05, 0) is 80.7 Å². The molecule has 0 radical (unpaired) electrons. The molecule has 0 amide bonds. The summed E-state index contributed by atoms with van der Waals surface area (Å²) in [6, 6.07) is 8.17. The number of unbranched alkanes of at least 4 members (excludes halogenated alkanes) is 1. The minimum absolute atomic E-state index is 0.593. The van der Waals surface area contributed by atoms with Gasteiger partial charge < -0.3 is 15.0 Å². The Hall–Kier alpha value is -3.94. The Labute approximate surface area is 232 Å². The van der Waals surface area contributed by atoms with Crippen molar-refractivity contribution in [2.24, 2.45) is 11.0 Å². The Morgan fingerprint density at radius 1 is 1.18 bits per heavy atom. The second-order valence-corrected chi connectivity index (χ2v) is 10.2. The number of allylic oxidation sites excluding steroid dienone is 1. The summed E-state index contributed by atoms with van der Waals surface area (Å²) in [6.07, 6.45) is 12.6. The molecule has 0 saturated heterocycles. The number of nitrogens with one attached hydrogen (secondary N) is 1. The molecule has 0 bridgehead atoms. The fourth-order valence-electron chi connectivity index (χ4n) is 4.51. The van der Waals surface area contributed by atoms with Gasteiger partial charge >= 0.3 is 0 Å². The molecule has 0 saturated carbocycles. The third-order valence-corrected chi connectivity index (χ3v) is 6.90. The van der Waals surface area contributed by atoms with Crippen LogP contribution in [-0.2, 0) is 0 Å². The van der Waals surface area contributed by atoms with Gasteiger partial charge in [0.2, 0.25) is 0 Å². The Morgan fingerprint density at radius 2 is 2.03 bits per heavy atom. The van der Waals surface area contributed by atoms with Crippen molar-refractivity contribution in [2.75, 3.05) is 29.9 Å². The number of hydrazone groups is 1. The van der Waals surface area contributed by atoms with Gasteiger partial charge in [0.1, 0.15) is 29.2 Å². The number of aromatic nitrogens is 3. The molecule has 8 heteroatoms. The van der Waals surface area contributed by atoms with E-state index in [4.69, 9.17) is 9.72 Å². The minimum atomic E-state index is 0.593. The van der Waals surface area contributed by atoms with Crippen LogP contribution in [0, 0.1) is 19.8 Å². The molecule has 8 nitrogen and oxygen atoms in total. The topological polar surface area (TPSA) is 78.8 Å². The van der Waals surface area contributed by atoms with Crippen LogP contribution >= 0.6 is 0 Å². The lowest BCUT2D eigenvalue weighted by atomic mass is 10.1. The predicted molar refractivity (Wildman–Crippen MR) is 162 cm³/mol. The first-order valence-corrected chi connectivity index (χ1v) is 14.0. The quantitative estimate of drug-likeness (QED) is 0.251. The lowest BCUT2D eigenvalue weighted by Gasteiger charge is -2.28. The molecule has 0 fully saturated rings. The highest BCUT2D eigenvalue weighted by Gasteiger charge is 2.17. The van der Waals surface area contributed by atoms with E-state index in [0.717, 1.165) is 77.5 Å². The maximum atomic E-state index is 6.14. The van der Waals surface area contributed by atoms with Crippen molar-refractivity contribution in [3.05, 3.63) is 65.8 Å². The van der Waals surface area contributed by atoms with Crippen molar-refractivity contribution in [1.82, 2.24) is 20.0 Å². The van der Waals surface area contributed by atoms with Gasteiger partial charge in [-0.1, -0.05) is 33.6 Å². The van der Waals surface area contributed by atoms with E-state index >= 15 is 0 Å². The van der Waals surface area contributed by atoms with E-state index in [0.29, 0.717) is 18.3 Å². The maximum absolute atomic E-state index is 6.14. The van der Waals surface area contributed by atoms with Crippen LogP contribution in [-0.4, -0.2) is 45.8 Å². The molecule has 2 aromatic heterocycles. The van der Waals surface area contributed by atoms with Gasteiger partial charge in [-0.2, -0.15) is 5.10 Å². The zero-order valence-electron chi connectivity index (χ0n) is 24.1. The largest absolute Gasteiger partial charge is 0.457 e. The molecule has 39 heavy (non-hydrogen) atoms. The zero-order chi connectivity index (χ0) is 27.8.